The molecule has 0 spiro atoms. The molecule has 0 saturated heterocycles. The molecule has 0 bridgehead atoms. The Balaban J connectivity index is 3.09. The lowest BCUT2D eigenvalue weighted by Crippen LogP contribution is -2.36. The van der Waals surface area contributed by atoms with Crippen LogP contribution in [0.5, 0.6) is 0 Å². The van der Waals surface area contributed by atoms with Gasteiger partial charge < -0.3 is 4.74 Å². The maximum Gasteiger partial charge on any atom is 0.194 e. The number of carbonyl (C=O) groups excluding carboxylic acids is 1. The summed E-state index contributed by atoms with van der Waals surface area (Å²) >= 11 is 0. The van der Waals surface area contributed by atoms with Gasteiger partial charge in [-0.05, 0) is 44.4 Å². The van der Waals surface area contributed by atoms with Crippen LogP contribution in [0.25, 0.3) is 0 Å². The lowest BCUT2D eigenvalue weighted by atomic mass is 9.90. The predicted octanol–water partition coefficient (Wildman–Crippen LogP) is 3.30. The summed E-state index contributed by atoms with van der Waals surface area (Å²) < 4.78 is 5.32. The highest BCUT2D eigenvalue weighted by Crippen LogP contribution is 2.22. The fourth-order valence-corrected chi connectivity index (χ4v) is 1.59. The number of hydrogen-bond acceptors (Lipinski definition) is 2. The largest absolute Gasteiger partial charge is 0.370 e. The first-order chi connectivity index (χ1) is 7.44. The molecule has 0 radical (unpaired) electrons. The molecule has 1 aromatic rings. The number of carbonyl (C=O) groups is 1. The molecule has 0 aliphatic heterocycles. The van der Waals surface area contributed by atoms with Crippen LogP contribution >= 0.6 is 0 Å². The van der Waals surface area contributed by atoms with Gasteiger partial charge in [0.05, 0.1) is 0 Å². The molecule has 2 heteroatoms. The van der Waals surface area contributed by atoms with Gasteiger partial charge in [0.2, 0.25) is 0 Å². The van der Waals surface area contributed by atoms with Crippen molar-refractivity contribution < 1.29 is 9.53 Å². The molecule has 0 fully saturated rings. The van der Waals surface area contributed by atoms with Crippen LogP contribution in [0, 0.1) is 13.8 Å². The van der Waals surface area contributed by atoms with Gasteiger partial charge in [0, 0.05) is 12.7 Å². The molecule has 16 heavy (non-hydrogen) atoms. The molecule has 0 heterocycles. The smallest absolute Gasteiger partial charge is 0.194 e. The van der Waals surface area contributed by atoms with Crippen LogP contribution in [0.2, 0.25) is 0 Å². The van der Waals surface area contributed by atoms with E-state index in [1.807, 2.05) is 45.9 Å². The topological polar surface area (TPSA) is 26.3 Å². The summed E-state index contributed by atoms with van der Waals surface area (Å²) in [7, 11) is 1.59. The van der Waals surface area contributed by atoms with Gasteiger partial charge in [0.15, 0.2) is 5.78 Å². The number of rotatable bonds is 4. The van der Waals surface area contributed by atoms with Crippen molar-refractivity contribution in [3.05, 3.63) is 34.9 Å². The van der Waals surface area contributed by atoms with E-state index in [1.165, 1.54) is 5.56 Å². The number of Topliss-reactive ketones (excluding diaryl/α,β-unsaturated/α-hetero) is 1. The lowest BCUT2D eigenvalue weighted by Gasteiger charge is -2.25. The van der Waals surface area contributed by atoms with E-state index < -0.39 is 5.60 Å². The zero-order valence-electron chi connectivity index (χ0n) is 10.8. The summed E-state index contributed by atoms with van der Waals surface area (Å²) in [5.74, 6) is 0.0561. The Hall–Kier alpha value is -1.15. The average Bonchev–Trinajstić information content (AvgIpc) is 2.30. The Bertz CT molecular complexity index is 390. The minimum Gasteiger partial charge on any atom is -0.370 e. The molecule has 1 rings (SSSR count). The Labute approximate surface area is 97.6 Å². The molecule has 0 saturated carbocycles. The number of aryl methyl sites for hydroxylation is 2. The third-order valence-electron chi connectivity index (χ3n) is 3.37. The summed E-state index contributed by atoms with van der Waals surface area (Å²) in [6, 6.07) is 5.79. The Kier molecular flexibility index (Phi) is 3.87. The number of benzene rings is 1. The molecular formula is C14H20O2. The first kappa shape index (κ1) is 12.9. The maximum absolute atomic E-state index is 12.3. The standard InChI is InChI=1S/C14H20O2/c1-6-14(4,16-5)13(15)12-8-7-10(2)11(3)9-12/h7-9H,6H2,1-5H3. The SMILES string of the molecule is CCC(C)(OC)C(=O)c1ccc(C)c(C)c1. The molecule has 1 atom stereocenters. The molecule has 0 aliphatic rings. The summed E-state index contributed by atoms with van der Waals surface area (Å²) in [6.07, 6.45) is 0.676. The van der Waals surface area contributed by atoms with Crippen LogP contribution in [-0.4, -0.2) is 18.5 Å². The molecule has 1 aromatic carbocycles. The Morgan fingerprint density at radius 1 is 1.31 bits per heavy atom. The number of ether oxygens (including phenoxy) is 1. The van der Waals surface area contributed by atoms with Gasteiger partial charge in [0.25, 0.3) is 0 Å². The van der Waals surface area contributed by atoms with Crippen molar-refractivity contribution in [2.45, 2.75) is 39.7 Å². The zero-order chi connectivity index (χ0) is 12.3. The maximum atomic E-state index is 12.3. The van der Waals surface area contributed by atoms with Crippen molar-refractivity contribution in [2.75, 3.05) is 7.11 Å². The summed E-state index contributed by atoms with van der Waals surface area (Å²) in [5, 5.41) is 0. The molecule has 0 aliphatic carbocycles. The van der Waals surface area contributed by atoms with Crippen LogP contribution < -0.4 is 0 Å². The minimum atomic E-state index is -0.707. The van der Waals surface area contributed by atoms with E-state index >= 15 is 0 Å². The molecule has 0 aromatic heterocycles. The van der Waals surface area contributed by atoms with Crippen molar-refractivity contribution in [3.63, 3.8) is 0 Å². The van der Waals surface area contributed by atoms with Crippen molar-refractivity contribution in [2.24, 2.45) is 0 Å². The van der Waals surface area contributed by atoms with Crippen molar-refractivity contribution in [1.29, 1.82) is 0 Å². The fourth-order valence-electron chi connectivity index (χ4n) is 1.59. The monoisotopic (exact) mass is 220 g/mol. The van der Waals surface area contributed by atoms with E-state index in [0.29, 0.717) is 6.42 Å². The third kappa shape index (κ3) is 2.33. The van der Waals surface area contributed by atoms with E-state index in [-0.39, 0.29) is 5.78 Å². The second-order valence-electron chi connectivity index (χ2n) is 4.42. The van der Waals surface area contributed by atoms with Gasteiger partial charge in [-0.3, -0.25) is 4.79 Å². The van der Waals surface area contributed by atoms with Crippen LogP contribution in [0.15, 0.2) is 18.2 Å². The van der Waals surface area contributed by atoms with Gasteiger partial charge in [-0.1, -0.05) is 19.1 Å². The van der Waals surface area contributed by atoms with Crippen molar-refractivity contribution >= 4 is 5.78 Å². The average molecular weight is 220 g/mol. The second-order valence-corrected chi connectivity index (χ2v) is 4.42. The lowest BCUT2D eigenvalue weighted by molar-refractivity contribution is 0.0106. The van der Waals surface area contributed by atoms with E-state index in [2.05, 4.69) is 0 Å². The first-order valence-electron chi connectivity index (χ1n) is 5.62. The van der Waals surface area contributed by atoms with E-state index in [4.69, 9.17) is 4.74 Å². The second kappa shape index (κ2) is 4.79. The van der Waals surface area contributed by atoms with Crippen LogP contribution in [0.3, 0.4) is 0 Å². The molecule has 0 N–H and O–H groups in total. The fraction of sp³-hybridized carbons (Fsp3) is 0.500. The van der Waals surface area contributed by atoms with Crippen molar-refractivity contribution in [1.82, 2.24) is 0 Å². The highest BCUT2D eigenvalue weighted by atomic mass is 16.5. The van der Waals surface area contributed by atoms with Gasteiger partial charge in [-0.2, -0.15) is 0 Å². The van der Waals surface area contributed by atoms with Crippen molar-refractivity contribution in [3.8, 4) is 0 Å². The highest BCUT2D eigenvalue weighted by molar-refractivity contribution is 6.02. The van der Waals surface area contributed by atoms with Gasteiger partial charge >= 0.3 is 0 Å². The third-order valence-corrected chi connectivity index (χ3v) is 3.37. The quantitative estimate of drug-likeness (QED) is 0.728. The van der Waals surface area contributed by atoms with E-state index in [0.717, 1.165) is 11.1 Å². The molecule has 2 nitrogen and oxygen atoms in total. The van der Waals surface area contributed by atoms with Crippen LogP contribution in [-0.2, 0) is 4.74 Å². The number of hydrogen-bond donors (Lipinski definition) is 0. The van der Waals surface area contributed by atoms with Gasteiger partial charge in [0.1, 0.15) is 5.60 Å². The van der Waals surface area contributed by atoms with Crippen LogP contribution in [0.1, 0.15) is 41.8 Å². The van der Waals surface area contributed by atoms with E-state index in [9.17, 15) is 4.79 Å². The number of methoxy groups -OCH3 is 1. The number of ketones is 1. The van der Waals surface area contributed by atoms with Gasteiger partial charge in [-0.25, -0.2) is 0 Å². The summed E-state index contributed by atoms with van der Waals surface area (Å²) in [5.41, 5.74) is 2.36. The molecule has 88 valence electrons. The predicted molar refractivity (Wildman–Crippen MR) is 66.0 cm³/mol. The van der Waals surface area contributed by atoms with Crippen LogP contribution in [0.4, 0.5) is 0 Å². The normalized spacial score (nSPS) is 14.6. The summed E-state index contributed by atoms with van der Waals surface area (Å²) in [6.45, 7) is 7.86. The molecule has 0 amide bonds. The highest BCUT2D eigenvalue weighted by Gasteiger charge is 2.31. The summed E-state index contributed by atoms with van der Waals surface area (Å²) in [4.78, 5) is 12.3. The first-order valence-corrected chi connectivity index (χ1v) is 5.62. The Morgan fingerprint density at radius 2 is 1.94 bits per heavy atom. The molecular weight excluding hydrogens is 200 g/mol. The van der Waals surface area contributed by atoms with E-state index in [1.54, 1.807) is 7.11 Å². The minimum absolute atomic E-state index is 0.0561. The zero-order valence-corrected chi connectivity index (χ0v) is 10.8. The Morgan fingerprint density at radius 3 is 2.38 bits per heavy atom. The molecule has 1 unspecified atom stereocenters. The van der Waals surface area contributed by atoms with Gasteiger partial charge in [-0.15, -0.1) is 0 Å².